The van der Waals surface area contributed by atoms with Gasteiger partial charge in [0.15, 0.2) is 0 Å². The van der Waals surface area contributed by atoms with Crippen LogP contribution < -0.4 is 5.73 Å². The van der Waals surface area contributed by atoms with Crippen molar-refractivity contribution in [2.75, 3.05) is 0 Å². The summed E-state index contributed by atoms with van der Waals surface area (Å²) in [7, 11) is 0. The standard InChI is InChI=1S/C13H23N3/c1-3-16-13(7-10(2)15-16)9-11-5-4-6-12(14)8-11/h7,11-12H,3-6,8-9,14H2,1-2H3. The Morgan fingerprint density at radius 2 is 2.31 bits per heavy atom. The molecule has 0 amide bonds. The summed E-state index contributed by atoms with van der Waals surface area (Å²) in [6.07, 6.45) is 6.19. The molecular formula is C13H23N3. The normalized spacial score (nSPS) is 25.9. The van der Waals surface area contributed by atoms with Gasteiger partial charge >= 0.3 is 0 Å². The van der Waals surface area contributed by atoms with Crippen LogP contribution in [0.5, 0.6) is 0 Å². The largest absolute Gasteiger partial charge is 0.328 e. The van der Waals surface area contributed by atoms with Crippen LogP contribution >= 0.6 is 0 Å². The van der Waals surface area contributed by atoms with Gasteiger partial charge in [0.1, 0.15) is 0 Å². The zero-order valence-electron chi connectivity index (χ0n) is 10.4. The smallest absolute Gasteiger partial charge is 0.0596 e. The molecule has 1 aliphatic rings. The Bertz CT molecular complexity index is 343. The second-order valence-electron chi connectivity index (χ2n) is 5.09. The van der Waals surface area contributed by atoms with Crippen LogP contribution in [0, 0.1) is 12.8 Å². The molecule has 0 aliphatic heterocycles. The summed E-state index contributed by atoms with van der Waals surface area (Å²) in [4.78, 5) is 0. The summed E-state index contributed by atoms with van der Waals surface area (Å²) >= 11 is 0. The number of nitrogens with zero attached hydrogens (tertiary/aromatic N) is 2. The van der Waals surface area contributed by atoms with Crippen molar-refractivity contribution in [2.24, 2.45) is 11.7 Å². The van der Waals surface area contributed by atoms with Crippen LogP contribution in [0.3, 0.4) is 0 Å². The van der Waals surface area contributed by atoms with E-state index in [-0.39, 0.29) is 0 Å². The van der Waals surface area contributed by atoms with Crippen LogP contribution in [-0.4, -0.2) is 15.8 Å². The highest BCUT2D eigenvalue weighted by Crippen LogP contribution is 2.26. The third kappa shape index (κ3) is 2.64. The van der Waals surface area contributed by atoms with Gasteiger partial charge in [-0.25, -0.2) is 0 Å². The van der Waals surface area contributed by atoms with Crippen molar-refractivity contribution in [3.8, 4) is 0 Å². The Morgan fingerprint density at radius 1 is 1.50 bits per heavy atom. The molecule has 3 heteroatoms. The predicted molar refractivity (Wildman–Crippen MR) is 66.3 cm³/mol. The van der Waals surface area contributed by atoms with Crippen molar-refractivity contribution in [1.29, 1.82) is 0 Å². The van der Waals surface area contributed by atoms with Gasteiger partial charge in [0.25, 0.3) is 0 Å². The predicted octanol–water partition coefficient (Wildman–Crippen LogP) is 2.27. The average Bonchev–Trinajstić information content (AvgIpc) is 2.59. The van der Waals surface area contributed by atoms with Crippen LogP contribution in [0.25, 0.3) is 0 Å². The van der Waals surface area contributed by atoms with Crippen molar-refractivity contribution in [3.63, 3.8) is 0 Å². The first kappa shape index (κ1) is 11.6. The quantitative estimate of drug-likeness (QED) is 0.851. The molecule has 16 heavy (non-hydrogen) atoms. The maximum atomic E-state index is 6.03. The molecule has 0 bridgehead atoms. The van der Waals surface area contributed by atoms with Gasteiger partial charge in [-0.3, -0.25) is 4.68 Å². The van der Waals surface area contributed by atoms with Gasteiger partial charge in [0.05, 0.1) is 5.69 Å². The number of hydrogen-bond acceptors (Lipinski definition) is 2. The molecule has 0 radical (unpaired) electrons. The maximum Gasteiger partial charge on any atom is 0.0596 e. The zero-order valence-corrected chi connectivity index (χ0v) is 10.4. The lowest BCUT2D eigenvalue weighted by atomic mass is 9.83. The Morgan fingerprint density at radius 3 is 3.00 bits per heavy atom. The van der Waals surface area contributed by atoms with Gasteiger partial charge in [-0.05, 0) is 51.5 Å². The van der Waals surface area contributed by atoms with E-state index in [1.165, 1.54) is 31.4 Å². The topological polar surface area (TPSA) is 43.8 Å². The Hall–Kier alpha value is -0.830. The highest BCUT2D eigenvalue weighted by atomic mass is 15.3. The van der Waals surface area contributed by atoms with E-state index >= 15 is 0 Å². The molecule has 1 saturated carbocycles. The van der Waals surface area contributed by atoms with Gasteiger partial charge in [-0.1, -0.05) is 6.42 Å². The minimum absolute atomic E-state index is 0.429. The first-order valence-electron chi connectivity index (χ1n) is 6.48. The van der Waals surface area contributed by atoms with Crippen LogP contribution in [0.2, 0.25) is 0 Å². The first-order chi connectivity index (χ1) is 7.69. The van der Waals surface area contributed by atoms with Gasteiger partial charge in [-0.15, -0.1) is 0 Å². The third-order valence-electron chi connectivity index (χ3n) is 3.61. The highest BCUT2D eigenvalue weighted by molar-refractivity contribution is 5.10. The van der Waals surface area contributed by atoms with E-state index < -0.39 is 0 Å². The molecule has 1 aromatic rings. The van der Waals surface area contributed by atoms with Crippen molar-refractivity contribution in [3.05, 3.63) is 17.5 Å². The summed E-state index contributed by atoms with van der Waals surface area (Å²) in [6, 6.07) is 2.65. The second kappa shape index (κ2) is 5.00. The molecule has 2 atom stereocenters. The summed E-state index contributed by atoms with van der Waals surface area (Å²) in [5.74, 6) is 0.769. The molecule has 2 rings (SSSR count). The molecule has 1 heterocycles. The molecule has 0 aromatic carbocycles. The molecule has 2 N–H and O–H groups in total. The molecule has 0 saturated heterocycles. The first-order valence-corrected chi connectivity index (χ1v) is 6.48. The lowest BCUT2D eigenvalue weighted by Crippen LogP contribution is -2.29. The van der Waals surface area contributed by atoms with Crippen LogP contribution in [0.1, 0.15) is 44.0 Å². The van der Waals surface area contributed by atoms with E-state index in [1.807, 2.05) is 0 Å². The monoisotopic (exact) mass is 221 g/mol. The molecule has 1 fully saturated rings. The number of nitrogens with two attached hydrogens (primary N) is 1. The maximum absolute atomic E-state index is 6.03. The van der Waals surface area contributed by atoms with Crippen molar-refractivity contribution >= 4 is 0 Å². The van der Waals surface area contributed by atoms with Gasteiger partial charge in [0, 0.05) is 18.3 Å². The molecule has 0 spiro atoms. The molecular weight excluding hydrogens is 198 g/mol. The Kier molecular flexibility index (Phi) is 3.64. The third-order valence-corrected chi connectivity index (χ3v) is 3.61. The van der Waals surface area contributed by atoms with Gasteiger partial charge < -0.3 is 5.73 Å². The lowest BCUT2D eigenvalue weighted by molar-refractivity contribution is 0.315. The molecule has 3 nitrogen and oxygen atoms in total. The Labute approximate surface area is 98.0 Å². The summed E-state index contributed by atoms with van der Waals surface area (Å²) in [6.45, 7) is 5.20. The zero-order chi connectivity index (χ0) is 11.5. The van der Waals surface area contributed by atoms with Gasteiger partial charge in [-0.2, -0.15) is 5.10 Å². The lowest BCUT2D eigenvalue weighted by Gasteiger charge is -2.26. The average molecular weight is 221 g/mol. The fourth-order valence-corrected chi connectivity index (χ4v) is 2.85. The SMILES string of the molecule is CCn1nc(C)cc1CC1CCCC(N)C1. The van der Waals surface area contributed by atoms with E-state index in [9.17, 15) is 0 Å². The van der Waals surface area contributed by atoms with Crippen LogP contribution in [0.15, 0.2) is 6.07 Å². The number of aromatic nitrogens is 2. The fraction of sp³-hybridized carbons (Fsp3) is 0.769. The number of rotatable bonds is 3. The molecule has 1 aliphatic carbocycles. The number of aryl methyl sites for hydroxylation is 2. The second-order valence-corrected chi connectivity index (χ2v) is 5.09. The summed E-state index contributed by atoms with van der Waals surface area (Å²) < 4.78 is 2.13. The van der Waals surface area contributed by atoms with E-state index in [4.69, 9.17) is 5.73 Å². The van der Waals surface area contributed by atoms with E-state index in [0.29, 0.717) is 6.04 Å². The fourth-order valence-electron chi connectivity index (χ4n) is 2.85. The minimum Gasteiger partial charge on any atom is -0.328 e. The minimum atomic E-state index is 0.429. The van der Waals surface area contributed by atoms with Crippen LogP contribution in [-0.2, 0) is 13.0 Å². The molecule has 2 unspecified atom stereocenters. The van der Waals surface area contributed by atoms with Crippen molar-refractivity contribution < 1.29 is 0 Å². The number of hydrogen-bond donors (Lipinski definition) is 1. The van der Waals surface area contributed by atoms with E-state index in [1.54, 1.807) is 0 Å². The van der Waals surface area contributed by atoms with Crippen molar-refractivity contribution in [1.82, 2.24) is 9.78 Å². The molecule has 90 valence electrons. The summed E-state index contributed by atoms with van der Waals surface area (Å²) in [5, 5.41) is 4.50. The van der Waals surface area contributed by atoms with E-state index in [0.717, 1.165) is 24.6 Å². The highest BCUT2D eigenvalue weighted by Gasteiger charge is 2.20. The van der Waals surface area contributed by atoms with Crippen molar-refractivity contribution in [2.45, 2.75) is 58.5 Å². The summed E-state index contributed by atoms with van der Waals surface area (Å²) in [5.41, 5.74) is 8.56. The van der Waals surface area contributed by atoms with Gasteiger partial charge in [0.2, 0.25) is 0 Å². The Balaban J connectivity index is 2.02. The van der Waals surface area contributed by atoms with Crippen LogP contribution in [0.4, 0.5) is 0 Å². The van der Waals surface area contributed by atoms with E-state index in [2.05, 4.69) is 29.7 Å². The molecule has 1 aromatic heterocycles.